The maximum Gasteiger partial charge on any atom is 0.397 e. The lowest BCUT2D eigenvalue weighted by molar-refractivity contribution is -0.413. The number of rotatable bonds is 20. The van der Waals surface area contributed by atoms with Gasteiger partial charge in [-0.1, -0.05) is 39.3 Å². The molecule has 4 aliphatic carbocycles. The Balaban J connectivity index is 0.875. The van der Waals surface area contributed by atoms with Gasteiger partial charge < -0.3 is 143 Å². The number of aliphatic hydroxyl groups excluding tert-OH is 15. The van der Waals surface area contributed by atoms with Crippen molar-refractivity contribution in [3.05, 3.63) is 11.6 Å². The van der Waals surface area contributed by atoms with Crippen molar-refractivity contribution in [2.45, 2.75) is 328 Å². The molecule has 7 saturated heterocycles. The minimum Gasteiger partial charge on any atom is -0.394 e. The second kappa shape index (κ2) is 29.4. The van der Waals surface area contributed by atoms with Crippen molar-refractivity contribution in [2.75, 3.05) is 13.2 Å². The van der Waals surface area contributed by atoms with E-state index in [0.717, 1.165) is 19.3 Å². The van der Waals surface area contributed by atoms with Crippen LogP contribution in [0, 0.1) is 40.4 Å². The molecule has 7 heterocycles. The first kappa shape index (κ1) is 76.6. The predicted octanol–water partition coefficient (Wildman–Crippen LogP) is -4.66. The van der Waals surface area contributed by atoms with Crippen LogP contribution in [0.1, 0.15) is 114 Å². The number of epoxide rings is 1. The van der Waals surface area contributed by atoms with Crippen molar-refractivity contribution < 1.29 is 160 Å². The molecule has 11 rings (SSSR count). The summed E-state index contributed by atoms with van der Waals surface area (Å²) in [5.74, 6) is -0.397. The molecule has 0 aromatic carbocycles. The second-order valence-electron chi connectivity index (χ2n) is 30.2. The van der Waals surface area contributed by atoms with E-state index < -0.39 is 242 Å². The van der Waals surface area contributed by atoms with Crippen LogP contribution in [0.2, 0.25) is 0 Å². The Kier molecular flexibility index (Phi) is 23.2. The van der Waals surface area contributed by atoms with Crippen LogP contribution < -0.4 is 0 Å². The topological polar surface area (TPSA) is 511 Å². The molecule has 0 bridgehead atoms. The lowest BCUT2D eigenvalue weighted by Crippen LogP contribution is -2.69. The van der Waals surface area contributed by atoms with Gasteiger partial charge >= 0.3 is 10.4 Å². The minimum absolute atomic E-state index is 0.0310. The molecule has 11 aliphatic rings. The predicted molar refractivity (Wildman–Crippen MR) is 322 cm³/mol. The molecule has 10 fully saturated rings. The van der Waals surface area contributed by atoms with Crippen LogP contribution in [-0.2, 0) is 76.2 Å². The van der Waals surface area contributed by atoms with Crippen LogP contribution in [0.25, 0.3) is 0 Å². The third-order valence-electron chi connectivity index (χ3n) is 23.4. The fourth-order valence-corrected chi connectivity index (χ4v) is 18.4. The average Bonchev–Trinajstić information content (AvgIpc) is 1.63. The summed E-state index contributed by atoms with van der Waals surface area (Å²) in [4.78, 5) is 0. The van der Waals surface area contributed by atoms with Gasteiger partial charge in [0.1, 0.15) is 128 Å². The van der Waals surface area contributed by atoms with E-state index in [1.807, 2.05) is 6.92 Å². The molecular weight excluding hydrogens is 1320 g/mol. The van der Waals surface area contributed by atoms with Crippen LogP contribution >= 0.6 is 0 Å². The smallest absolute Gasteiger partial charge is 0.394 e. The van der Waals surface area contributed by atoms with Crippen LogP contribution in [0.4, 0.5) is 0 Å². The Morgan fingerprint density at radius 1 is 0.515 bits per heavy atom. The summed E-state index contributed by atoms with van der Waals surface area (Å²) in [7, 11) is -4.91. The van der Waals surface area contributed by atoms with Crippen molar-refractivity contribution in [3.8, 4) is 0 Å². The summed E-state index contributed by atoms with van der Waals surface area (Å²) in [6.45, 7) is 14.0. The van der Waals surface area contributed by atoms with Crippen LogP contribution in [-0.4, -0.2) is 322 Å². The van der Waals surface area contributed by atoms with Gasteiger partial charge in [-0.2, -0.15) is 8.42 Å². The van der Waals surface area contributed by atoms with E-state index in [0.29, 0.717) is 25.2 Å². The fraction of sp³-hybridized carbons (Fsp3) is 0.968. The standard InChI is InChI=1S/C63H104O33S/c1-21(2)16-32-54(87-32)63(9,79)35-11-10-28-27-18-31(30-17-26(96-97(80,81)82)12-14-61(30,7)29(27)13-15-62(28,35)8)88-58-48(78)51(38(68)24(5)85-58)93-59-52(94-55-43(73)40(70)36(66)22(3)83-55)46(76)49(25(6)86-59)91-60-53(95-56-44(74)41(71)37(67)23(4)84-56)47(77)50(34(20-65)90-60)92-57-45(75)42(72)39(69)33(19-64)89-57/h13,21-28,30-60,64-79H,10-12,14-20H2,1-9H3,(H,80,81,82)/t22-,23-,24-,25-,26+,27+,28+,30-,31+,32+,33-,34-,35+,36-,37+,38-,39-,40+,41+,42+,43-,44-,45-,46+,47+,48-,49-,50-,51+,52-,53-,54-,55+,56+,57+,58+,59+,60+,61-,62+,63-/m1/s1. The summed E-state index contributed by atoms with van der Waals surface area (Å²) in [5, 5.41) is 181. The average molecular weight is 1420 g/mol. The third-order valence-corrected chi connectivity index (χ3v) is 23.9. The van der Waals surface area contributed by atoms with Crippen molar-refractivity contribution in [1.29, 1.82) is 0 Å². The number of ether oxygens (including phenoxy) is 13. The van der Waals surface area contributed by atoms with Crippen molar-refractivity contribution in [2.24, 2.45) is 40.4 Å². The first-order valence-electron chi connectivity index (χ1n) is 34.1. The number of hydrogen-bond acceptors (Lipinski definition) is 32. The van der Waals surface area contributed by atoms with Crippen molar-refractivity contribution in [1.82, 2.24) is 0 Å². The zero-order valence-corrected chi connectivity index (χ0v) is 56.5. The van der Waals surface area contributed by atoms with E-state index in [1.165, 1.54) is 33.3 Å². The lowest BCUT2D eigenvalue weighted by atomic mass is 9.47. The molecule has 560 valence electrons. The number of hydrogen-bond donors (Lipinski definition) is 17. The molecule has 34 heteroatoms. The summed E-state index contributed by atoms with van der Waals surface area (Å²) >= 11 is 0. The molecule has 0 unspecified atom stereocenters. The zero-order valence-electron chi connectivity index (χ0n) is 55.7. The minimum atomic E-state index is -4.91. The Labute approximate surface area is 562 Å². The molecular formula is C63H104O33S. The van der Waals surface area contributed by atoms with Gasteiger partial charge in [-0.25, -0.2) is 4.18 Å². The highest BCUT2D eigenvalue weighted by Crippen LogP contribution is 2.68. The first-order valence-corrected chi connectivity index (χ1v) is 35.5. The Bertz CT molecular complexity index is 2790. The van der Waals surface area contributed by atoms with Crippen LogP contribution in [0.3, 0.4) is 0 Å². The molecule has 7 aliphatic heterocycles. The quantitative estimate of drug-likeness (QED) is 0.0310. The highest BCUT2D eigenvalue weighted by molar-refractivity contribution is 7.80. The normalized spacial score (nSPS) is 54.1. The molecule has 41 atom stereocenters. The molecule has 17 N–H and O–H groups in total. The summed E-state index contributed by atoms with van der Waals surface area (Å²) < 4.78 is 120. The largest absolute Gasteiger partial charge is 0.397 e. The molecule has 97 heavy (non-hydrogen) atoms. The Morgan fingerprint density at radius 2 is 1.00 bits per heavy atom. The Hall–Kier alpha value is -1.55. The van der Waals surface area contributed by atoms with Crippen molar-refractivity contribution in [3.63, 3.8) is 0 Å². The summed E-state index contributed by atoms with van der Waals surface area (Å²) in [6.07, 6.45) is -49.9. The monoisotopic (exact) mass is 1420 g/mol. The van der Waals surface area contributed by atoms with Crippen LogP contribution in [0.5, 0.6) is 0 Å². The highest BCUT2D eigenvalue weighted by Gasteiger charge is 2.67. The van der Waals surface area contributed by atoms with Gasteiger partial charge in [-0.05, 0) is 126 Å². The number of fused-ring (bicyclic) bond motifs is 5. The molecule has 0 spiro atoms. The Morgan fingerprint density at radius 3 is 1.57 bits per heavy atom. The lowest BCUT2D eigenvalue weighted by Gasteiger charge is -2.60. The SMILES string of the molecule is CC(C)C[C@@H]1O[C@H]1[C@](C)(O)[C@H]1CC[C@H]2[C@@H]3C[C@H](O[C@@H]4O[C@H](C)[C@@H](O)[C@H](O[C@@H]5O[C@H](C)[C@@H](O[C@@H]6O[C@H](CO)[C@@H](O[C@@H]7O[C@H](CO)[C@@H](O)[C@H](O)[C@H]7O)[C@H](O)[C@H]6O[C@@H]6O[C@H](C)[C@H](O)[C@H](O)[C@H]6O)[C@H](O)[C@H]5O[C@@H]5O[C@H](C)[C@@H](O)[C@H](O)[C@H]5O)[C@H]4O)[C@H]4C[C@@H](OS(=O)(=O)O)CC[C@]4(C)C3=CC[C@]12C. The van der Waals surface area contributed by atoms with Gasteiger partial charge in [0.25, 0.3) is 0 Å². The number of allylic oxidation sites excluding steroid dienone is 2. The second-order valence-corrected chi connectivity index (χ2v) is 31.2. The molecule has 0 aromatic rings. The molecule has 0 aromatic heterocycles. The summed E-state index contributed by atoms with van der Waals surface area (Å²) in [6, 6.07) is 0. The van der Waals surface area contributed by atoms with Gasteiger partial charge in [0.2, 0.25) is 0 Å². The maximum atomic E-state index is 12.8. The summed E-state index contributed by atoms with van der Waals surface area (Å²) in [5.41, 5.74) is -1.03. The van der Waals surface area contributed by atoms with Gasteiger partial charge in [0, 0.05) is 0 Å². The third kappa shape index (κ3) is 14.7. The van der Waals surface area contributed by atoms with E-state index in [4.69, 9.17) is 65.8 Å². The van der Waals surface area contributed by atoms with E-state index in [9.17, 15) is 94.7 Å². The van der Waals surface area contributed by atoms with E-state index in [-0.39, 0.29) is 42.8 Å². The fourth-order valence-electron chi connectivity index (χ4n) is 17.9. The molecule has 0 amide bonds. The van der Waals surface area contributed by atoms with E-state index >= 15 is 0 Å². The van der Waals surface area contributed by atoms with Gasteiger partial charge in [-0.3, -0.25) is 4.55 Å². The molecule has 33 nitrogen and oxygen atoms in total. The van der Waals surface area contributed by atoms with Gasteiger partial charge in [0.05, 0.1) is 61.5 Å². The highest BCUT2D eigenvalue weighted by atomic mass is 32.3. The first-order chi connectivity index (χ1) is 45.4. The number of aliphatic hydroxyl groups is 16. The maximum absolute atomic E-state index is 12.8. The zero-order chi connectivity index (χ0) is 70.8. The van der Waals surface area contributed by atoms with Crippen LogP contribution in [0.15, 0.2) is 11.6 Å². The molecule has 3 saturated carbocycles. The van der Waals surface area contributed by atoms with E-state index in [2.05, 4.69) is 33.8 Å². The van der Waals surface area contributed by atoms with Gasteiger partial charge in [-0.15, -0.1) is 0 Å². The van der Waals surface area contributed by atoms with E-state index in [1.54, 1.807) is 0 Å². The van der Waals surface area contributed by atoms with Gasteiger partial charge in [0.15, 0.2) is 37.7 Å². The molecule has 0 radical (unpaired) electrons. The van der Waals surface area contributed by atoms with Crippen molar-refractivity contribution >= 4 is 10.4 Å².